The molecule has 2 rings (SSSR count). The molecule has 0 aromatic heterocycles. The maximum absolute atomic E-state index is 12.1. The van der Waals surface area contributed by atoms with Crippen LogP contribution in [-0.4, -0.2) is 23.4 Å². The van der Waals surface area contributed by atoms with E-state index in [1.165, 1.54) is 6.07 Å². The average molecular weight is 249 g/mol. The molecular formula is C12H15N3O3. The van der Waals surface area contributed by atoms with Crippen LogP contribution in [0.2, 0.25) is 0 Å². The minimum absolute atomic E-state index is 0.0767. The zero-order valence-corrected chi connectivity index (χ0v) is 10.1. The maximum Gasteiger partial charge on any atom is 0.274 e. The molecule has 0 radical (unpaired) electrons. The number of nitro groups is 1. The molecule has 1 aliphatic rings. The summed E-state index contributed by atoms with van der Waals surface area (Å²) in [7, 11) is 0. The first kappa shape index (κ1) is 12.5. The highest BCUT2D eigenvalue weighted by Crippen LogP contribution is 2.34. The minimum Gasteiger partial charge on any atom is -0.320 e. The van der Waals surface area contributed by atoms with Gasteiger partial charge in [-0.2, -0.15) is 0 Å². The standard InChI is InChI=1S/C12H15N3O3/c1-2-9(13)12(16)14-7-6-8-10(14)4-3-5-11(8)15(17)18/h3-5,9H,2,6-7,13H2,1H3/t9-/m0/s1. The monoisotopic (exact) mass is 249 g/mol. The lowest BCUT2D eigenvalue weighted by Crippen LogP contribution is -2.42. The van der Waals surface area contributed by atoms with E-state index in [2.05, 4.69) is 0 Å². The van der Waals surface area contributed by atoms with Gasteiger partial charge in [0.05, 0.1) is 22.2 Å². The molecule has 0 fully saturated rings. The van der Waals surface area contributed by atoms with Crippen molar-refractivity contribution in [1.29, 1.82) is 0 Å². The molecular weight excluding hydrogens is 234 g/mol. The molecule has 0 unspecified atom stereocenters. The quantitative estimate of drug-likeness (QED) is 0.644. The van der Waals surface area contributed by atoms with Crippen molar-refractivity contribution in [2.45, 2.75) is 25.8 Å². The van der Waals surface area contributed by atoms with E-state index in [0.717, 1.165) is 0 Å². The molecule has 6 heteroatoms. The fourth-order valence-corrected chi connectivity index (χ4v) is 2.19. The molecule has 1 aromatic carbocycles. The van der Waals surface area contributed by atoms with Gasteiger partial charge >= 0.3 is 0 Å². The van der Waals surface area contributed by atoms with Crippen LogP contribution in [0.5, 0.6) is 0 Å². The summed E-state index contributed by atoms with van der Waals surface area (Å²) in [5.41, 5.74) is 7.05. The fourth-order valence-electron chi connectivity index (χ4n) is 2.19. The largest absolute Gasteiger partial charge is 0.320 e. The number of benzene rings is 1. The van der Waals surface area contributed by atoms with Gasteiger partial charge in [0, 0.05) is 12.6 Å². The van der Waals surface area contributed by atoms with Crippen molar-refractivity contribution in [3.8, 4) is 0 Å². The van der Waals surface area contributed by atoms with Gasteiger partial charge in [-0.05, 0) is 18.9 Å². The SMILES string of the molecule is CC[C@H](N)C(=O)N1CCc2c1cccc2[N+](=O)[O-]. The van der Waals surface area contributed by atoms with Gasteiger partial charge in [-0.15, -0.1) is 0 Å². The summed E-state index contributed by atoms with van der Waals surface area (Å²) >= 11 is 0. The highest BCUT2D eigenvalue weighted by molar-refractivity contribution is 5.99. The highest BCUT2D eigenvalue weighted by atomic mass is 16.6. The van der Waals surface area contributed by atoms with Crippen LogP contribution in [0.15, 0.2) is 18.2 Å². The summed E-state index contributed by atoms with van der Waals surface area (Å²) in [5.74, 6) is -0.170. The number of nitro benzene ring substituents is 1. The maximum atomic E-state index is 12.1. The highest BCUT2D eigenvalue weighted by Gasteiger charge is 2.31. The average Bonchev–Trinajstić information content (AvgIpc) is 2.80. The summed E-state index contributed by atoms with van der Waals surface area (Å²) in [6, 6.07) is 4.25. The minimum atomic E-state index is -0.546. The Labute approximate surface area is 105 Å². The van der Waals surface area contributed by atoms with Crippen LogP contribution in [0.3, 0.4) is 0 Å². The topological polar surface area (TPSA) is 89.5 Å². The molecule has 2 N–H and O–H groups in total. The van der Waals surface area contributed by atoms with Crippen molar-refractivity contribution in [3.63, 3.8) is 0 Å². The normalized spacial score (nSPS) is 15.3. The van der Waals surface area contributed by atoms with E-state index >= 15 is 0 Å². The molecule has 1 aromatic rings. The van der Waals surface area contributed by atoms with Crippen molar-refractivity contribution < 1.29 is 9.72 Å². The van der Waals surface area contributed by atoms with Gasteiger partial charge in [-0.3, -0.25) is 14.9 Å². The molecule has 1 amide bonds. The number of anilines is 1. The van der Waals surface area contributed by atoms with Crippen molar-refractivity contribution in [2.75, 3.05) is 11.4 Å². The number of carbonyl (C=O) groups is 1. The lowest BCUT2D eigenvalue weighted by Gasteiger charge is -2.20. The van der Waals surface area contributed by atoms with Gasteiger partial charge in [0.25, 0.3) is 5.69 Å². The van der Waals surface area contributed by atoms with E-state index < -0.39 is 11.0 Å². The van der Waals surface area contributed by atoms with Crippen LogP contribution in [0.4, 0.5) is 11.4 Å². The number of hydrogen-bond acceptors (Lipinski definition) is 4. The second-order valence-electron chi connectivity index (χ2n) is 4.29. The summed E-state index contributed by atoms with van der Waals surface area (Å²) in [5, 5.41) is 10.9. The molecule has 18 heavy (non-hydrogen) atoms. The second kappa shape index (κ2) is 4.73. The van der Waals surface area contributed by atoms with Crippen molar-refractivity contribution in [2.24, 2.45) is 5.73 Å². The first-order valence-corrected chi connectivity index (χ1v) is 5.89. The zero-order chi connectivity index (χ0) is 13.3. The van der Waals surface area contributed by atoms with Crippen molar-refractivity contribution in [1.82, 2.24) is 0 Å². The van der Waals surface area contributed by atoms with Gasteiger partial charge in [0.1, 0.15) is 0 Å². The Morgan fingerprint density at radius 2 is 2.33 bits per heavy atom. The number of carbonyl (C=O) groups excluding carboxylic acids is 1. The molecule has 1 aliphatic heterocycles. The smallest absolute Gasteiger partial charge is 0.274 e. The van der Waals surface area contributed by atoms with Gasteiger partial charge in [-0.25, -0.2) is 0 Å². The first-order valence-electron chi connectivity index (χ1n) is 5.89. The Morgan fingerprint density at radius 1 is 1.61 bits per heavy atom. The van der Waals surface area contributed by atoms with Gasteiger partial charge in [-0.1, -0.05) is 13.0 Å². The molecule has 96 valence electrons. The van der Waals surface area contributed by atoms with Crippen LogP contribution in [0, 0.1) is 10.1 Å². The molecule has 1 heterocycles. The predicted octanol–water partition coefficient (Wildman–Crippen LogP) is 1.22. The van der Waals surface area contributed by atoms with Crippen LogP contribution in [-0.2, 0) is 11.2 Å². The molecule has 1 atom stereocenters. The summed E-state index contributed by atoms with van der Waals surface area (Å²) < 4.78 is 0. The molecule has 0 saturated heterocycles. The Bertz CT molecular complexity index is 501. The Balaban J connectivity index is 2.37. The second-order valence-corrected chi connectivity index (χ2v) is 4.29. The number of fused-ring (bicyclic) bond motifs is 1. The first-order chi connectivity index (χ1) is 8.56. The van der Waals surface area contributed by atoms with Crippen LogP contribution in [0.25, 0.3) is 0 Å². The number of hydrogen-bond donors (Lipinski definition) is 1. The molecule has 0 aliphatic carbocycles. The predicted molar refractivity (Wildman–Crippen MR) is 67.4 cm³/mol. The van der Waals surface area contributed by atoms with E-state index in [1.54, 1.807) is 17.0 Å². The third-order valence-electron chi connectivity index (χ3n) is 3.22. The lowest BCUT2D eigenvalue weighted by molar-refractivity contribution is -0.385. The molecule has 0 bridgehead atoms. The Hall–Kier alpha value is -1.95. The van der Waals surface area contributed by atoms with Crippen molar-refractivity contribution >= 4 is 17.3 Å². The van der Waals surface area contributed by atoms with E-state index in [9.17, 15) is 14.9 Å². The fraction of sp³-hybridized carbons (Fsp3) is 0.417. The number of rotatable bonds is 3. The zero-order valence-electron chi connectivity index (χ0n) is 10.1. The summed E-state index contributed by atoms with van der Waals surface area (Å²) in [4.78, 5) is 24.1. The van der Waals surface area contributed by atoms with E-state index in [4.69, 9.17) is 5.73 Å². The molecule has 6 nitrogen and oxygen atoms in total. The van der Waals surface area contributed by atoms with Crippen LogP contribution >= 0.6 is 0 Å². The van der Waals surface area contributed by atoms with Crippen molar-refractivity contribution in [3.05, 3.63) is 33.9 Å². The lowest BCUT2D eigenvalue weighted by atomic mass is 10.1. The van der Waals surface area contributed by atoms with Gasteiger partial charge < -0.3 is 10.6 Å². The summed E-state index contributed by atoms with van der Waals surface area (Å²) in [6.45, 7) is 2.31. The Morgan fingerprint density at radius 3 is 2.94 bits per heavy atom. The van der Waals surface area contributed by atoms with Gasteiger partial charge in [0.2, 0.25) is 5.91 Å². The van der Waals surface area contributed by atoms with Crippen LogP contribution < -0.4 is 10.6 Å². The third-order valence-corrected chi connectivity index (χ3v) is 3.22. The Kier molecular flexibility index (Phi) is 3.29. The van der Waals surface area contributed by atoms with Crippen LogP contribution in [0.1, 0.15) is 18.9 Å². The number of amides is 1. The summed E-state index contributed by atoms with van der Waals surface area (Å²) in [6.07, 6.45) is 1.06. The number of nitrogens with zero attached hydrogens (tertiary/aromatic N) is 2. The molecule has 0 saturated carbocycles. The number of nitrogens with two attached hydrogens (primary N) is 1. The third kappa shape index (κ3) is 1.95. The molecule has 0 spiro atoms. The van der Waals surface area contributed by atoms with E-state index in [0.29, 0.717) is 30.6 Å². The van der Waals surface area contributed by atoms with Gasteiger partial charge in [0.15, 0.2) is 0 Å². The van der Waals surface area contributed by atoms with E-state index in [-0.39, 0.29) is 11.6 Å². The van der Waals surface area contributed by atoms with E-state index in [1.807, 2.05) is 6.92 Å².